The first-order valence-electron chi connectivity index (χ1n) is 6.92. The number of aryl methyl sites for hydroxylation is 1. The predicted octanol–water partition coefficient (Wildman–Crippen LogP) is 3.37. The number of carbonyl (C=O) groups is 1. The molecule has 1 saturated heterocycles. The zero-order valence-corrected chi connectivity index (χ0v) is 11.6. The molecule has 102 valence electrons. The van der Waals surface area contributed by atoms with Crippen LogP contribution in [-0.4, -0.2) is 12.5 Å². The maximum absolute atomic E-state index is 11.8. The molecule has 1 amide bonds. The average molecular weight is 266 g/mol. The minimum atomic E-state index is 0.227. The Morgan fingerprint density at radius 2 is 1.85 bits per heavy atom. The lowest BCUT2D eigenvalue weighted by Crippen LogP contribution is -2.23. The number of carbonyl (C=O) groups excluding carboxylic acids is 1. The first-order chi connectivity index (χ1) is 9.65. The molecule has 3 rings (SSSR count). The van der Waals surface area contributed by atoms with Gasteiger partial charge in [0.25, 0.3) is 0 Å². The highest BCUT2D eigenvalue weighted by Gasteiger charge is 2.21. The van der Waals surface area contributed by atoms with E-state index in [1.165, 1.54) is 11.1 Å². The molecule has 2 N–H and O–H groups in total. The second-order valence-corrected chi connectivity index (χ2v) is 5.27. The fourth-order valence-corrected chi connectivity index (χ4v) is 2.72. The summed E-state index contributed by atoms with van der Waals surface area (Å²) in [4.78, 5) is 13.7. The number of amides is 1. The Morgan fingerprint density at radius 3 is 2.45 bits per heavy atom. The Morgan fingerprint density at radius 1 is 1.10 bits per heavy atom. The summed E-state index contributed by atoms with van der Waals surface area (Å²) in [5.74, 6) is 0.227. The van der Waals surface area contributed by atoms with Gasteiger partial charge in [0.15, 0.2) is 0 Å². The lowest BCUT2D eigenvalue weighted by molar-refractivity contribution is -0.117. The fourth-order valence-electron chi connectivity index (χ4n) is 2.72. The number of anilines is 2. The van der Waals surface area contributed by atoms with Crippen LogP contribution in [0.25, 0.3) is 11.1 Å². The van der Waals surface area contributed by atoms with Crippen molar-refractivity contribution in [2.45, 2.75) is 19.8 Å². The maximum atomic E-state index is 11.8. The van der Waals surface area contributed by atoms with Crippen LogP contribution in [0, 0.1) is 6.92 Å². The molecule has 0 atom stereocenters. The number of hydrogen-bond acceptors (Lipinski definition) is 2. The maximum Gasteiger partial charge on any atom is 0.227 e. The van der Waals surface area contributed by atoms with Gasteiger partial charge in [-0.05, 0) is 54.3 Å². The van der Waals surface area contributed by atoms with Gasteiger partial charge < -0.3 is 10.6 Å². The van der Waals surface area contributed by atoms with Gasteiger partial charge in [-0.3, -0.25) is 4.79 Å². The van der Waals surface area contributed by atoms with E-state index in [1.54, 1.807) is 0 Å². The number of rotatable bonds is 2. The molecule has 1 aliphatic rings. The van der Waals surface area contributed by atoms with Crippen molar-refractivity contribution in [3.63, 3.8) is 0 Å². The molecule has 1 aliphatic heterocycles. The average Bonchev–Trinajstić information content (AvgIpc) is 2.86. The summed E-state index contributed by atoms with van der Waals surface area (Å²) in [7, 11) is 0. The second kappa shape index (κ2) is 5.00. The number of nitrogen functional groups attached to an aromatic ring is 1. The molecular formula is C17H18N2O. The normalized spacial score (nSPS) is 14.8. The van der Waals surface area contributed by atoms with E-state index in [9.17, 15) is 4.79 Å². The van der Waals surface area contributed by atoms with Gasteiger partial charge in [-0.25, -0.2) is 0 Å². The van der Waals surface area contributed by atoms with Crippen LogP contribution in [0.15, 0.2) is 42.5 Å². The summed E-state index contributed by atoms with van der Waals surface area (Å²) >= 11 is 0. The third kappa shape index (κ3) is 2.27. The van der Waals surface area contributed by atoms with Crippen molar-refractivity contribution in [1.29, 1.82) is 0 Å². The van der Waals surface area contributed by atoms with Crippen molar-refractivity contribution in [2.75, 3.05) is 17.2 Å². The first kappa shape index (κ1) is 12.7. The molecule has 1 fully saturated rings. The van der Waals surface area contributed by atoms with Crippen LogP contribution < -0.4 is 10.6 Å². The van der Waals surface area contributed by atoms with E-state index in [1.807, 2.05) is 35.2 Å². The number of benzene rings is 2. The van der Waals surface area contributed by atoms with E-state index in [2.05, 4.69) is 19.1 Å². The van der Waals surface area contributed by atoms with Crippen LogP contribution in [0.3, 0.4) is 0 Å². The van der Waals surface area contributed by atoms with E-state index in [0.717, 1.165) is 29.9 Å². The Bertz CT molecular complexity index is 647. The largest absolute Gasteiger partial charge is 0.399 e. The van der Waals surface area contributed by atoms with E-state index < -0.39 is 0 Å². The van der Waals surface area contributed by atoms with Gasteiger partial charge in [0.2, 0.25) is 5.91 Å². The van der Waals surface area contributed by atoms with E-state index in [-0.39, 0.29) is 5.91 Å². The standard InChI is InChI=1S/C17H18N2O/c1-12-11-15(19-10-2-3-17(19)20)8-9-16(12)13-4-6-14(18)7-5-13/h4-9,11H,2-3,10,18H2,1H3. The van der Waals surface area contributed by atoms with E-state index in [4.69, 9.17) is 5.73 Å². The molecule has 0 aliphatic carbocycles. The summed E-state index contributed by atoms with van der Waals surface area (Å²) in [5.41, 5.74) is 11.0. The zero-order valence-electron chi connectivity index (χ0n) is 11.6. The van der Waals surface area contributed by atoms with Crippen molar-refractivity contribution in [2.24, 2.45) is 0 Å². The zero-order chi connectivity index (χ0) is 14.1. The topological polar surface area (TPSA) is 46.3 Å². The van der Waals surface area contributed by atoms with Crippen LogP contribution in [0.4, 0.5) is 11.4 Å². The van der Waals surface area contributed by atoms with Crippen molar-refractivity contribution >= 4 is 17.3 Å². The molecule has 1 heterocycles. The lowest BCUT2D eigenvalue weighted by atomic mass is 9.99. The SMILES string of the molecule is Cc1cc(N2CCCC2=O)ccc1-c1ccc(N)cc1. The van der Waals surface area contributed by atoms with E-state index >= 15 is 0 Å². The van der Waals surface area contributed by atoms with Gasteiger partial charge in [0.05, 0.1) is 0 Å². The fraction of sp³-hybridized carbons (Fsp3) is 0.235. The van der Waals surface area contributed by atoms with Gasteiger partial charge in [-0.2, -0.15) is 0 Å². The highest BCUT2D eigenvalue weighted by Crippen LogP contribution is 2.29. The summed E-state index contributed by atoms with van der Waals surface area (Å²) in [6, 6.07) is 14.1. The monoisotopic (exact) mass is 266 g/mol. The van der Waals surface area contributed by atoms with E-state index in [0.29, 0.717) is 6.42 Å². The van der Waals surface area contributed by atoms with Crippen LogP contribution in [0.1, 0.15) is 18.4 Å². The quantitative estimate of drug-likeness (QED) is 0.847. The van der Waals surface area contributed by atoms with Crippen molar-refractivity contribution < 1.29 is 4.79 Å². The number of nitrogens with two attached hydrogens (primary N) is 1. The minimum Gasteiger partial charge on any atom is -0.399 e. The molecular weight excluding hydrogens is 248 g/mol. The Hall–Kier alpha value is -2.29. The molecule has 3 nitrogen and oxygen atoms in total. The Kier molecular flexibility index (Phi) is 3.18. The molecule has 3 heteroatoms. The second-order valence-electron chi connectivity index (χ2n) is 5.27. The molecule has 2 aromatic rings. The van der Waals surface area contributed by atoms with Gasteiger partial charge >= 0.3 is 0 Å². The van der Waals surface area contributed by atoms with Crippen LogP contribution in [0.5, 0.6) is 0 Å². The van der Waals surface area contributed by atoms with Gasteiger partial charge in [0.1, 0.15) is 0 Å². The summed E-state index contributed by atoms with van der Waals surface area (Å²) in [5, 5.41) is 0. The van der Waals surface area contributed by atoms with Crippen molar-refractivity contribution in [3.05, 3.63) is 48.0 Å². The van der Waals surface area contributed by atoms with Crippen LogP contribution in [0.2, 0.25) is 0 Å². The third-order valence-corrected chi connectivity index (χ3v) is 3.82. The summed E-state index contributed by atoms with van der Waals surface area (Å²) in [6.07, 6.45) is 1.62. The third-order valence-electron chi connectivity index (χ3n) is 3.82. The molecule has 20 heavy (non-hydrogen) atoms. The lowest BCUT2D eigenvalue weighted by Gasteiger charge is -2.17. The van der Waals surface area contributed by atoms with Gasteiger partial charge in [0, 0.05) is 24.3 Å². The summed E-state index contributed by atoms with van der Waals surface area (Å²) < 4.78 is 0. The molecule has 0 bridgehead atoms. The molecule has 2 aromatic carbocycles. The molecule has 0 unspecified atom stereocenters. The molecule has 0 spiro atoms. The van der Waals surface area contributed by atoms with Crippen molar-refractivity contribution in [3.8, 4) is 11.1 Å². The minimum absolute atomic E-state index is 0.227. The first-order valence-corrected chi connectivity index (χ1v) is 6.92. The Balaban J connectivity index is 1.95. The number of hydrogen-bond donors (Lipinski definition) is 1. The van der Waals surface area contributed by atoms with Crippen molar-refractivity contribution in [1.82, 2.24) is 0 Å². The molecule has 0 aromatic heterocycles. The number of nitrogens with zero attached hydrogens (tertiary/aromatic N) is 1. The van der Waals surface area contributed by atoms with Crippen LogP contribution >= 0.6 is 0 Å². The van der Waals surface area contributed by atoms with Crippen LogP contribution in [-0.2, 0) is 4.79 Å². The highest BCUT2D eigenvalue weighted by atomic mass is 16.2. The summed E-state index contributed by atoms with van der Waals surface area (Å²) in [6.45, 7) is 2.91. The predicted molar refractivity (Wildman–Crippen MR) is 82.6 cm³/mol. The Labute approximate surface area is 119 Å². The van der Waals surface area contributed by atoms with Gasteiger partial charge in [-0.1, -0.05) is 18.2 Å². The highest BCUT2D eigenvalue weighted by molar-refractivity contribution is 5.95. The molecule has 0 radical (unpaired) electrons. The smallest absolute Gasteiger partial charge is 0.227 e. The molecule has 0 saturated carbocycles. The van der Waals surface area contributed by atoms with Gasteiger partial charge in [-0.15, -0.1) is 0 Å².